The molecule has 0 unspecified atom stereocenters. The lowest BCUT2D eigenvalue weighted by Gasteiger charge is -2.41. The minimum Gasteiger partial charge on any atom is -0.390 e. The summed E-state index contributed by atoms with van der Waals surface area (Å²) in [7, 11) is -4.03. The first-order chi connectivity index (χ1) is 16.8. The number of β-amino-alcohol motifs (C(OH)–C–C–N with tert-alkyl or cyclic N) is 1. The molecule has 3 aliphatic rings. The van der Waals surface area contributed by atoms with Crippen molar-refractivity contribution in [3.05, 3.63) is 42.0 Å². The summed E-state index contributed by atoms with van der Waals surface area (Å²) >= 11 is 0. The van der Waals surface area contributed by atoms with Crippen molar-refractivity contribution in [1.29, 1.82) is 0 Å². The molecule has 2 aliphatic heterocycles. The maximum atomic E-state index is 13.9. The van der Waals surface area contributed by atoms with Crippen LogP contribution < -0.4 is 15.4 Å². The summed E-state index contributed by atoms with van der Waals surface area (Å²) in [5.41, 5.74) is 7.39. The summed E-state index contributed by atoms with van der Waals surface area (Å²) in [5, 5.41) is 10.6. The molecule has 0 amide bonds. The Morgan fingerprint density at radius 2 is 2.00 bits per heavy atom. The molecule has 0 bridgehead atoms. The average Bonchev–Trinajstić information content (AvgIpc) is 3.59. The van der Waals surface area contributed by atoms with Gasteiger partial charge in [0.25, 0.3) is 0 Å². The average molecular weight is 505 g/mol. The van der Waals surface area contributed by atoms with Gasteiger partial charge in [0, 0.05) is 43.7 Å². The summed E-state index contributed by atoms with van der Waals surface area (Å²) in [6.07, 6.45) is 6.08. The van der Waals surface area contributed by atoms with Crippen LogP contribution in [0.3, 0.4) is 0 Å². The highest BCUT2D eigenvalue weighted by atomic mass is 32.2. The van der Waals surface area contributed by atoms with Crippen molar-refractivity contribution in [2.24, 2.45) is 5.41 Å². The molecule has 4 N–H and O–H groups in total. The van der Waals surface area contributed by atoms with E-state index >= 15 is 0 Å². The third-order valence-corrected chi connectivity index (χ3v) is 8.92. The number of rotatable bonds is 8. The van der Waals surface area contributed by atoms with Crippen molar-refractivity contribution >= 4 is 21.7 Å². The number of aromatic nitrogens is 2. The fraction of sp³-hybridized carbons (Fsp3) is 0.583. The molecular weight excluding hydrogens is 471 g/mol. The van der Waals surface area contributed by atoms with Crippen LogP contribution >= 0.6 is 0 Å². The Balaban J connectivity index is 1.19. The molecule has 9 nitrogen and oxygen atoms in total. The number of benzene rings is 1. The first kappa shape index (κ1) is 24.4. The summed E-state index contributed by atoms with van der Waals surface area (Å²) in [5.74, 6) is 1.21. The van der Waals surface area contributed by atoms with Gasteiger partial charge in [-0.15, -0.1) is 0 Å². The molecular formula is C24H33FN6O3S. The second kappa shape index (κ2) is 9.61. The van der Waals surface area contributed by atoms with Gasteiger partial charge in [-0.25, -0.2) is 27.5 Å². The molecule has 11 heteroatoms. The van der Waals surface area contributed by atoms with Gasteiger partial charge in [-0.3, -0.25) is 0 Å². The molecule has 35 heavy (non-hydrogen) atoms. The lowest BCUT2D eigenvalue weighted by atomic mass is 9.79. The zero-order chi connectivity index (χ0) is 24.6. The Morgan fingerprint density at radius 1 is 1.20 bits per heavy atom. The van der Waals surface area contributed by atoms with E-state index in [0.717, 1.165) is 75.7 Å². The fourth-order valence-corrected chi connectivity index (χ4v) is 6.79. The molecule has 3 heterocycles. The normalized spacial score (nSPS) is 24.2. The largest absolute Gasteiger partial charge is 0.390 e. The number of nitrogen functional groups attached to an aromatic ring is 1. The van der Waals surface area contributed by atoms with Crippen molar-refractivity contribution in [2.75, 3.05) is 49.9 Å². The zero-order valence-corrected chi connectivity index (χ0v) is 20.6. The second-order valence-corrected chi connectivity index (χ2v) is 12.0. The number of piperidine rings is 1. The van der Waals surface area contributed by atoms with E-state index in [2.05, 4.69) is 24.5 Å². The molecule has 2 aromatic rings. The minimum absolute atomic E-state index is 0.102. The third-order valence-electron chi connectivity index (χ3n) is 7.46. The first-order valence-electron chi connectivity index (χ1n) is 12.3. The number of aliphatic hydroxyl groups is 1. The lowest BCUT2D eigenvalue weighted by Crippen LogP contribution is -2.49. The first-order valence-corrected chi connectivity index (χ1v) is 13.7. The van der Waals surface area contributed by atoms with E-state index in [4.69, 9.17) is 5.73 Å². The monoisotopic (exact) mass is 504 g/mol. The van der Waals surface area contributed by atoms with Gasteiger partial charge >= 0.3 is 0 Å². The SMILES string of the molecule is Nc1ncnc(N2CC[C@@]3(CCCN(C[C@H](O)CNS(=O)(=O)c4ccccc4F)C3)C2)c1C1CC1. The number of sulfonamides is 1. The van der Waals surface area contributed by atoms with Gasteiger partial charge in [-0.2, -0.15) is 0 Å². The number of halogens is 1. The van der Waals surface area contributed by atoms with Crippen LogP contribution in [0.4, 0.5) is 16.0 Å². The number of anilines is 2. The molecule has 5 rings (SSSR count). The molecule has 1 saturated carbocycles. The number of hydrogen-bond donors (Lipinski definition) is 3. The van der Waals surface area contributed by atoms with Crippen molar-refractivity contribution in [2.45, 2.75) is 49.0 Å². The summed E-state index contributed by atoms with van der Waals surface area (Å²) in [4.78, 5) is 13.0. The highest BCUT2D eigenvalue weighted by Crippen LogP contribution is 2.48. The maximum Gasteiger partial charge on any atom is 0.243 e. The number of aliphatic hydroxyl groups excluding tert-OH is 1. The third kappa shape index (κ3) is 5.28. The molecule has 2 atom stereocenters. The molecule has 1 aromatic heterocycles. The van der Waals surface area contributed by atoms with Gasteiger partial charge < -0.3 is 20.6 Å². The van der Waals surface area contributed by atoms with Crippen LogP contribution in [0.5, 0.6) is 0 Å². The van der Waals surface area contributed by atoms with Crippen molar-refractivity contribution in [1.82, 2.24) is 19.6 Å². The van der Waals surface area contributed by atoms with E-state index in [-0.39, 0.29) is 12.0 Å². The predicted octanol–water partition coefficient (Wildman–Crippen LogP) is 1.71. The molecule has 190 valence electrons. The van der Waals surface area contributed by atoms with E-state index in [1.807, 2.05) is 0 Å². The van der Waals surface area contributed by atoms with Crippen LogP contribution in [0.25, 0.3) is 0 Å². The van der Waals surface area contributed by atoms with Crippen molar-refractivity contribution in [3.63, 3.8) is 0 Å². The maximum absolute atomic E-state index is 13.9. The van der Waals surface area contributed by atoms with Crippen molar-refractivity contribution in [3.8, 4) is 0 Å². The number of nitrogens with zero attached hydrogens (tertiary/aromatic N) is 4. The van der Waals surface area contributed by atoms with Gasteiger partial charge in [0.05, 0.1) is 6.10 Å². The van der Waals surface area contributed by atoms with Crippen LogP contribution in [-0.2, 0) is 10.0 Å². The Kier molecular flexibility index (Phi) is 6.69. The van der Waals surface area contributed by atoms with Crippen LogP contribution in [0.15, 0.2) is 35.5 Å². The summed E-state index contributed by atoms with van der Waals surface area (Å²) in [6, 6.07) is 5.22. The Morgan fingerprint density at radius 3 is 2.77 bits per heavy atom. The van der Waals surface area contributed by atoms with E-state index in [1.165, 1.54) is 18.2 Å². The highest BCUT2D eigenvalue weighted by molar-refractivity contribution is 7.89. The van der Waals surface area contributed by atoms with E-state index < -0.39 is 26.8 Å². The minimum atomic E-state index is -4.03. The molecule has 1 aromatic carbocycles. The van der Waals surface area contributed by atoms with Gasteiger partial charge in [0.2, 0.25) is 10.0 Å². The number of nitrogens with two attached hydrogens (primary N) is 1. The second-order valence-electron chi connectivity index (χ2n) is 10.2. The van der Waals surface area contributed by atoms with E-state index in [9.17, 15) is 17.9 Å². The van der Waals surface area contributed by atoms with Gasteiger partial charge in [0.1, 0.15) is 28.7 Å². The predicted molar refractivity (Wildman–Crippen MR) is 131 cm³/mol. The molecule has 1 spiro atoms. The lowest BCUT2D eigenvalue weighted by molar-refractivity contribution is 0.0557. The van der Waals surface area contributed by atoms with E-state index in [1.54, 1.807) is 6.33 Å². The number of likely N-dealkylation sites (tertiary alicyclic amines) is 1. The Hall–Kier alpha value is -2.34. The molecule has 1 aliphatic carbocycles. The van der Waals surface area contributed by atoms with Crippen LogP contribution in [0.2, 0.25) is 0 Å². The smallest absolute Gasteiger partial charge is 0.243 e. The topological polar surface area (TPSA) is 125 Å². The van der Waals surface area contributed by atoms with Crippen LogP contribution in [0.1, 0.15) is 43.6 Å². The Bertz CT molecular complexity index is 1180. The number of hydrogen-bond acceptors (Lipinski definition) is 8. The molecule has 3 fully saturated rings. The van der Waals surface area contributed by atoms with Gasteiger partial charge in [-0.1, -0.05) is 12.1 Å². The quantitative estimate of drug-likeness (QED) is 0.496. The fourth-order valence-electron chi connectivity index (χ4n) is 5.64. The Labute approximate surface area is 205 Å². The highest BCUT2D eigenvalue weighted by Gasteiger charge is 2.43. The molecule has 0 radical (unpaired) electrons. The van der Waals surface area contributed by atoms with Crippen molar-refractivity contribution < 1.29 is 17.9 Å². The molecule has 2 saturated heterocycles. The number of nitrogens with one attached hydrogen (secondary N) is 1. The summed E-state index contributed by atoms with van der Waals surface area (Å²) in [6.45, 7) is 3.67. The summed E-state index contributed by atoms with van der Waals surface area (Å²) < 4.78 is 41.1. The van der Waals surface area contributed by atoms with Gasteiger partial charge in [-0.05, 0) is 56.7 Å². The standard InChI is InChI=1S/C24H33FN6O3S/c25-19-4-1-2-5-20(19)35(33,34)29-12-18(32)13-30-10-3-8-24(14-30)9-11-31(15-24)23-21(17-6-7-17)22(26)27-16-28-23/h1-2,4-5,16-18,29,32H,3,6-15H2,(H2,26,27,28)/t18-,24-/m1/s1. The van der Waals surface area contributed by atoms with Crippen LogP contribution in [0, 0.1) is 11.2 Å². The van der Waals surface area contributed by atoms with E-state index in [0.29, 0.717) is 18.3 Å². The van der Waals surface area contributed by atoms with Gasteiger partial charge in [0.15, 0.2) is 0 Å². The van der Waals surface area contributed by atoms with Crippen LogP contribution in [-0.4, -0.2) is 73.8 Å². The zero-order valence-electron chi connectivity index (χ0n) is 19.7.